The highest BCUT2D eigenvalue weighted by Crippen LogP contribution is 2.39. The number of carbonyl (C=O) groups is 1. The maximum absolute atomic E-state index is 11.9. The van der Waals surface area contributed by atoms with Crippen LogP contribution in [0.15, 0.2) is 18.2 Å². The fourth-order valence-electron chi connectivity index (χ4n) is 0.867. The van der Waals surface area contributed by atoms with Gasteiger partial charge >= 0.3 is 6.36 Å². The number of phenolic OH excluding ortho intramolecular Hbond substituents is 1. The van der Waals surface area contributed by atoms with E-state index < -0.39 is 23.6 Å². The van der Waals surface area contributed by atoms with Crippen LogP contribution in [-0.4, -0.2) is 17.9 Å². The van der Waals surface area contributed by atoms with E-state index in [9.17, 15) is 18.0 Å². The summed E-state index contributed by atoms with van der Waals surface area (Å²) in [4.78, 5) is 9.96. The third-order valence-corrected chi connectivity index (χ3v) is 1.35. The molecule has 0 heterocycles. The summed E-state index contributed by atoms with van der Waals surface area (Å²) < 4.78 is 43.3. The lowest BCUT2D eigenvalue weighted by Crippen LogP contribution is -2.17. The van der Waals surface area contributed by atoms with Crippen molar-refractivity contribution in [2.75, 3.05) is 0 Å². The molecule has 0 saturated heterocycles. The smallest absolute Gasteiger partial charge is 0.504 e. The molecule has 82 valence electrons. The van der Waals surface area contributed by atoms with E-state index in [2.05, 4.69) is 9.47 Å². The number of ether oxygens (including phenoxy) is 2. The Morgan fingerprint density at radius 2 is 2.00 bits per heavy atom. The first-order valence-corrected chi connectivity index (χ1v) is 3.62. The predicted molar refractivity (Wildman–Crippen MR) is 41.5 cm³/mol. The lowest BCUT2D eigenvalue weighted by Gasteiger charge is -2.12. The SMILES string of the molecule is O=COc1cccc(O)c1OC(F)(F)F. The Morgan fingerprint density at radius 1 is 1.33 bits per heavy atom. The molecule has 0 aliphatic heterocycles. The van der Waals surface area contributed by atoms with Gasteiger partial charge in [-0.05, 0) is 12.1 Å². The topological polar surface area (TPSA) is 55.8 Å². The van der Waals surface area contributed by atoms with Gasteiger partial charge in [-0.2, -0.15) is 0 Å². The fraction of sp³-hybridized carbons (Fsp3) is 0.125. The van der Waals surface area contributed by atoms with Gasteiger partial charge in [0.25, 0.3) is 6.47 Å². The first-order chi connectivity index (χ1) is 6.94. The molecule has 0 aliphatic carbocycles. The van der Waals surface area contributed by atoms with Crippen LogP contribution in [0.3, 0.4) is 0 Å². The molecule has 0 atom stereocenters. The number of hydrogen-bond donors (Lipinski definition) is 1. The van der Waals surface area contributed by atoms with E-state index >= 15 is 0 Å². The van der Waals surface area contributed by atoms with E-state index in [-0.39, 0.29) is 6.47 Å². The van der Waals surface area contributed by atoms with Crippen LogP contribution in [0.5, 0.6) is 17.2 Å². The second-order valence-corrected chi connectivity index (χ2v) is 2.37. The summed E-state index contributed by atoms with van der Waals surface area (Å²) in [6.07, 6.45) is -4.97. The lowest BCUT2D eigenvalue weighted by atomic mass is 10.3. The van der Waals surface area contributed by atoms with Crippen molar-refractivity contribution in [2.24, 2.45) is 0 Å². The zero-order valence-electron chi connectivity index (χ0n) is 7.12. The Morgan fingerprint density at radius 3 is 2.53 bits per heavy atom. The molecule has 0 saturated carbocycles. The van der Waals surface area contributed by atoms with E-state index in [0.717, 1.165) is 12.1 Å². The predicted octanol–water partition coefficient (Wildman–Crippen LogP) is 1.83. The first-order valence-electron chi connectivity index (χ1n) is 3.62. The highest BCUT2D eigenvalue weighted by Gasteiger charge is 2.34. The van der Waals surface area contributed by atoms with E-state index in [0.29, 0.717) is 0 Å². The molecule has 1 rings (SSSR count). The number of alkyl halides is 3. The van der Waals surface area contributed by atoms with Gasteiger partial charge in [0.2, 0.25) is 5.75 Å². The summed E-state index contributed by atoms with van der Waals surface area (Å²) in [6.45, 7) is -0.0714. The number of benzene rings is 1. The summed E-state index contributed by atoms with van der Waals surface area (Å²) >= 11 is 0. The lowest BCUT2D eigenvalue weighted by molar-refractivity contribution is -0.275. The standard InChI is InChI=1S/C8H5F3O4/c9-8(10,11)15-7-5(13)2-1-3-6(7)14-4-12/h1-4,13H. The van der Waals surface area contributed by atoms with E-state index in [1.807, 2.05) is 0 Å². The highest BCUT2D eigenvalue weighted by molar-refractivity contribution is 5.56. The van der Waals surface area contributed by atoms with Crippen LogP contribution in [-0.2, 0) is 4.79 Å². The summed E-state index contributed by atoms with van der Waals surface area (Å²) in [5.74, 6) is -2.23. The highest BCUT2D eigenvalue weighted by atomic mass is 19.4. The molecule has 0 spiro atoms. The van der Waals surface area contributed by atoms with Gasteiger partial charge in [-0.1, -0.05) is 6.07 Å². The van der Waals surface area contributed by atoms with Crippen LogP contribution < -0.4 is 9.47 Å². The molecular weight excluding hydrogens is 217 g/mol. The van der Waals surface area contributed by atoms with Crippen LogP contribution in [0.4, 0.5) is 13.2 Å². The summed E-state index contributed by atoms with van der Waals surface area (Å²) in [6, 6.07) is 3.23. The first kappa shape index (κ1) is 11.2. The number of carbonyl (C=O) groups excluding carboxylic acids is 1. The molecule has 0 unspecified atom stereocenters. The van der Waals surface area contributed by atoms with E-state index in [1.54, 1.807) is 0 Å². The van der Waals surface area contributed by atoms with Crippen LogP contribution in [0, 0.1) is 0 Å². The van der Waals surface area contributed by atoms with E-state index in [1.165, 1.54) is 6.07 Å². The molecule has 0 amide bonds. The van der Waals surface area contributed by atoms with Crippen molar-refractivity contribution in [1.29, 1.82) is 0 Å². The largest absolute Gasteiger partial charge is 0.573 e. The van der Waals surface area contributed by atoms with Crippen LogP contribution in [0.2, 0.25) is 0 Å². The molecule has 7 heteroatoms. The van der Waals surface area contributed by atoms with Crippen molar-refractivity contribution in [2.45, 2.75) is 6.36 Å². The number of rotatable bonds is 3. The fourth-order valence-corrected chi connectivity index (χ4v) is 0.867. The third kappa shape index (κ3) is 3.04. The number of hydrogen-bond acceptors (Lipinski definition) is 4. The minimum Gasteiger partial charge on any atom is -0.504 e. The van der Waals surface area contributed by atoms with E-state index in [4.69, 9.17) is 5.11 Å². The minimum atomic E-state index is -4.97. The van der Waals surface area contributed by atoms with Crippen molar-refractivity contribution in [3.63, 3.8) is 0 Å². The Labute approximate surface area is 81.8 Å². The normalized spacial score (nSPS) is 10.9. The quantitative estimate of drug-likeness (QED) is 0.792. The van der Waals surface area contributed by atoms with Gasteiger partial charge in [-0.25, -0.2) is 0 Å². The molecule has 1 N–H and O–H groups in total. The van der Waals surface area contributed by atoms with Crippen molar-refractivity contribution in [3.8, 4) is 17.2 Å². The molecule has 1 aromatic rings. The summed E-state index contributed by atoms with van der Waals surface area (Å²) in [5, 5.41) is 9.06. The molecule has 4 nitrogen and oxygen atoms in total. The zero-order valence-corrected chi connectivity index (χ0v) is 7.12. The van der Waals surface area contributed by atoms with Gasteiger partial charge in [0.1, 0.15) is 0 Å². The van der Waals surface area contributed by atoms with Gasteiger partial charge in [0, 0.05) is 0 Å². The van der Waals surface area contributed by atoms with Crippen molar-refractivity contribution >= 4 is 6.47 Å². The minimum absolute atomic E-state index is 0.0714. The van der Waals surface area contributed by atoms with Gasteiger partial charge in [0.15, 0.2) is 11.5 Å². The summed E-state index contributed by atoms with van der Waals surface area (Å²) in [7, 11) is 0. The maximum atomic E-state index is 11.9. The average Bonchev–Trinajstić information content (AvgIpc) is 2.10. The Balaban J connectivity index is 3.07. The molecule has 0 fully saturated rings. The monoisotopic (exact) mass is 222 g/mol. The average molecular weight is 222 g/mol. The second kappa shape index (κ2) is 4.07. The number of phenols is 1. The number of para-hydroxylation sites is 1. The summed E-state index contributed by atoms with van der Waals surface area (Å²) in [5.41, 5.74) is 0. The molecule has 0 aromatic heterocycles. The molecular formula is C8H5F3O4. The van der Waals surface area contributed by atoms with Gasteiger partial charge in [-0.3, -0.25) is 4.79 Å². The van der Waals surface area contributed by atoms with Crippen molar-refractivity contribution < 1.29 is 32.5 Å². The van der Waals surface area contributed by atoms with Crippen LogP contribution in [0.1, 0.15) is 0 Å². The van der Waals surface area contributed by atoms with Gasteiger partial charge < -0.3 is 14.6 Å². The second-order valence-electron chi connectivity index (χ2n) is 2.37. The van der Waals surface area contributed by atoms with Crippen molar-refractivity contribution in [3.05, 3.63) is 18.2 Å². The Kier molecular flexibility index (Phi) is 3.03. The van der Waals surface area contributed by atoms with Crippen molar-refractivity contribution in [1.82, 2.24) is 0 Å². The third-order valence-electron chi connectivity index (χ3n) is 1.35. The van der Waals surface area contributed by atoms with Gasteiger partial charge in [0.05, 0.1) is 0 Å². The molecule has 0 aliphatic rings. The molecule has 15 heavy (non-hydrogen) atoms. The maximum Gasteiger partial charge on any atom is 0.573 e. The van der Waals surface area contributed by atoms with Gasteiger partial charge in [-0.15, -0.1) is 13.2 Å². The number of aromatic hydroxyl groups is 1. The number of halogens is 3. The van der Waals surface area contributed by atoms with Crippen LogP contribution in [0.25, 0.3) is 0 Å². The molecule has 0 radical (unpaired) electrons. The Bertz CT molecular complexity index is 361. The zero-order chi connectivity index (χ0) is 11.5. The molecule has 1 aromatic carbocycles. The molecule has 0 bridgehead atoms. The van der Waals surface area contributed by atoms with Crippen LogP contribution >= 0.6 is 0 Å². The Hall–Kier alpha value is -1.92.